The van der Waals surface area contributed by atoms with Crippen molar-refractivity contribution < 1.29 is 31.1 Å². The molecule has 1 heterocycles. The lowest BCUT2D eigenvalue weighted by Crippen LogP contribution is -3.00. The Labute approximate surface area is 132 Å². The first-order valence-corrected chi connectivity index (χ1v) is 7.36. The first-order chi connectivity index (χ1) is 9.21. The highest BCUT2D eigenvalue weighted by molar-refractivity contribution is 5.69. The van der Waals surface area contributed by atoms with Crippen molar-refractivity contribution >= 4 is 5.97 Å². The molecule has 0 radical (unpaired) electrons. The van der Waals surface area contributed by atoms with Crippen molar-refractivity contribution in [1.82, 2.24) is 4.57 Å². The maximum atomic E-state index is 11.3. The predicted octanol–water partition coefficient (Wildman–Crippen LogP) is -0.515. The molecule has 0 unspecified atom stereocenters. The molecule has 0 saturated heterocycles. The number of aryl methyl sites for hydroxylation is 3. The molecule has 0 aromatic carbocycles. The molecule has 1 aromatic heterocycles. The minimum atomic E-state index is -0.136. The van der Waals surface area contributed by atoms with E-state index in [-0.39, 0.29) is 23.0 Å². The number of halogens is 1. The molecular formula is C15H27BrN2O2. The fraction of sp³-hybridized carbons (Fsp3) is 0.733. The number of imidazole rings is 1. The van der Waals surface area contributed by atoms with E-state index >= 15 is 0 Å². The number of rotatable bonds is 9. The van der Waals surface area contributed by atoms with Gasteiger partial charge in [0.25, 0.3) is 0 Å². The van der Waals surface area contributed by atoms with Gasteiger partial charge in [-0.2, -0.15) is 0 Å². The number of unbranched alkanes of at least 4 members (excludes halogenated alkanes) is 2. The van der Waals surface area contributed by atoms with Gasteiger partial charge in [-0.3, -0.25) is 4.79 Å². The standard InChI is InChI=1S/C15H27N2O2.BrH/c1-4-6-7-11-17-13-16(10-5-2)12-14(17)8-9-15(18)19-3;/h12-13H,4-11H2,1-3H3;1H/q+1;/p-1. The van der Waals surface area contributed by atoms with Gasteiger partial charge in [-0.15, -0.1) is 0 Å². The average molecular weight is 347 g/mol. The average Bonchev–Trinajstić information content (AvgIpc) is 2.79. The summed E-state index contributed by atoms with van der Waals surface area (Å²) in [6.07, 6.45) is 10.4. The van der Waals surface area contributed by atoms with Crippen molar-refractivity contribution in [2.24, 2.45) is 0 Å². The number of aromatic nitrogens is 2. The van der Waals surface area contributed by atoms with Gasteiger partial charge in [0.2, 0.25) is 6.33 Å². The van der Waals surface area contributed by atoms with E-state index in [9.17, 15) is 4.79 Å². The van der Waals surface area contributed by atoms with Crippen LogP contribution in [0.1, 0.15) is 51.6 Å². The van der Waals surface area contributed by atoms with Gasteiger partial charge in [-0.05, 0) is 19.3 Å². The number of hydrogen-bond donors (Lipinski definition) is 0. The normalized spacial score (nSPS) is 10.2. The van der Waals surface area contributed by atoms with Crippen LogP contribution in [0.4, 0.5) is 0 Å². The maximum absolute atomic E-state index is 11.3. The Kier molecular flexibility index (Phi) is 10.4. The molecule has 0 amide bonds. The highest BCUT2D eigenvalue weighted by Crippen LogP contribution is 2.06. The van der Waals surface area contributed by atoms with Crippen molar-refractivity contribution in [2.45, 2.75) is 65.5 Å². The summed E-state index contributed by atoms with van der Waals surface area (Å²) in [7, 11) is 1.44. The van der Waals surface area contributed by atoms with Gasteiger partial charge in [0.05, 0.1) is 26.6 Å². The molecule has 1 aromatic rings. The van der Waals surface area contributed by atoms with Crippen LogP contribution >= 0.6 is 0 Å². The number of carbonyl (C=O) groups is 1. The molecule has 0 aliphatic rings. The van der Waals surface area contributed by atoms with Crippen LogP contribution in [0, 0.1) is 0 Å². The second-order valence-corrected chi connectivity index (χ2v) is 4.95. The van der Waals surface area contributed by atoms with E-state index < -0.39 is 0 Å². The van der Waals surface area contributed by atoms with E-state index in [1.807, 2.05) is 0 Å². The smallest absolute Gasteiger partial charge is 0.305 e. The molecule has 0 atom stereocenters. The minimum Gasteiger partial charge on any atom is -1.00 e. The SMILES string of the molecule is CCCCCn1c[n+](CCC)cc1CCC(=O)OC.[Br-]. The summed E-state index contributed by atoms with van der Waals surface area (Å²) >= 11 is 0. The van der Waals surface area contributed by atoms with Crippen LogP contribution in [-0.4, -0.2) is 17.6 Å². The third kappa shape index (κ3) is 6.55. The van der Waals surface area contributed by atoms with Gasteiger partial charge < -0.3 is 21.7 Å². The summed E-state index contributed by atoms with van der Waals surface area (Å²) in [5.41, 5.74) is 1.23. The Bertz CT molecular complexity index is 391. The van der Waals surface area contributed by atoms with Crippen molar-refractivity contribution in [3.63, 3.8) is 0 Å². The number of ether oxygens (including phenoxy) is 1. The molecule has 116 valence electrons. The van der Waals surface area contributed by atoms with E-state index in [2.05, 4.69) is 35.5 Å². The summed E-state index contributed by atoms with van der Waals surface area (Å²) < 4.78 is 9.22. The number of hydrogen-bond acceptors (Lipinski definition) is 2. The Morgan fingerprint density at radius 1 is 1.30 bits per heavy atom. The molecule has 1 rings (SSSR count). The topological polar surface area (TPSA) is 35.1 Å². The third-order valence-electron chi connectivity index (χ3n) is 3.27. The molecule has 0 aliphatic carbocycles. The first kappa shape index (κ1) is 19.2. The quantitative estimate of drug-likeness (QED) is 0.343. The Morgan fingerprint density at radius 2 is 2.05 bits per heavy atom. The van der Waals surface area contributed by atoms with Crippen LogP contribution in [0.15, 0.2) is 12.5 Å². The Balaban J connectivity index is 0.00000361. The molecule has 0 spiro atoms. The third-order valence-corrected chi connectivity index (χ3v) is 3.27. The predicted molar refractivity (Wildman–Crippen MR) is 74.8 cm³/mol. The van der Waals surface area contributed by atoms with Crippen LogP contribution in [0.2, 0.25) is 0 Å². The maximum Gasteiger partial charge on any atom is 0.305 e. The van der Waals surface area contributed by atoms with E-state index in [0.717, 1.165) is 25.9 Å². The number of carbonyl (C=O) groups excluding carboxylic acids is 1. The van der Waals surface area contributed by atoms with E-state index in [0.29, 0.717) is 6.42 Å². The zero-order valence-electron chi connectivity index (χ0n) is 12.9. The van der Waals surface area contributed by atoms with Gasteiger partial charge in [-0.1, -0.05) is 20.3 Å². The van der Waals surface area contributed by atoms with Crippen LogP contribution < -0.4 is 21.5 Å². The van der Waals surface area contributed by atoms with Gasteiger partial charge in [0.15, 0.2) is 0 Å². The molecule has 20 heavy (non-hydrogen) atoms. The summed E-state index contributed by atoms with van der Waals surface area (Å²) in [4.78, 5) is 11.3. The Hall–Kier alpha value is -0.840. The van der Waals surface area contributed by atoms with Gasteiger partial charge in [0, 0.05) is 6.42 Å². The zero-order chi connectivity index (χ0) is 14.1. The summed E-state index contributed by atoms with van der Waals surface area (Å²) in [5, 5.41) is 0. The summed E-state index contributed by atoms with van der Waals surface area (Å²) in [6, 6.07) is 0. The van der Waals surface area contributed by atoms with Gasteiger partial charge in [-0.25, -0.2) is 9.13 Å². The van der Waals surface area contributed by atoms with Crippen molar-refractivity contribution in [3.8, 4) is 0 Å². The monoisotopic (exact) mass is 346 g/mol. The van der Waals surface area contributed by atoms with Gasteiger partial charge >= 0.3 is 5.97 Å². The lowest BCUT2D eigenvalue weighted by atomic mass is 10.2. The van der Waals surface area contributed by atoms with Crippen LogP contribution in [0.25, 0.3) is 0 Å². The van der Waals surface area contributed by atoms with Crippen molar-refractivity contribution in [3.05, 3.63) is 18.2 Å². The molecule has 0 N–H and O–H groups in total. The minimum absolute atomic E-state index is 0. The Morgan fingerprint density at radius 3 is 2.65 bits per heavy atom. The molecule has 0 saturated carbocycles. The van der Waals surface area contributed by atoms with Crippen LogP contribution in [0.3, 0.4) is 0 Å². The highest BCUT2D eigenvalue weighted by atomic mass is 79.9. The number of esters is 1. The molecule has 0 fully saturated rings. The molecule has 4 nitrogen and oxygen atoms in total. The second-order valence-electron chi connectivity index (χ2n) is 4.95. The molecule has 0 aliphatic heterocycles. The second kappa shape index (κ2) is 10.9. The first-order valence-electron chi connectivity index (χ1n) is 7.36. The van der Waals surface area contributed by atoms with Crippen LogP contribution in [-0.2, 0) is 29.0 Å². The summed E-state index contributed by atoms with van der Waals surface area (Å²) in [5.74, 6) is -0.136. The lowest BCUT2D eigenvalue weighted by molar-refractivity contribution is -0.696. The molecule has 0 bridgehead atoms. The van der Waals surface area contributed by atoms with E-state index in [1.54, 1.807) is 0 Å². The van der Waals surface area contributed by atoms with Crippen molar-refractivity contribution in [2.75, 3.05) is 7.11 Å². The van der Waals surface area contributed by atoms with E-state index in [1.165, 1.54) is 32.1 Å². The zero-order valence-corrected chi connectivity index (χ0v) is 14.5. The lowest BCUT2D eigenvalue weighted by Gasteiger charge is -2.01. The van der Waals surface area contributed by atoms with Gasteiger partial charge in [0.1, 0.15) is 11.9 Å². The van der Waals surface area contributed by atoms with E-state index in [4.69, 9.17) is 4.74 Å². The molecular weight excluding hydrogens is 320 g/mol. The summed E-state index contributed by atoms with van der Waals surface area (Å²) in [6.45, 7) is 6.47. The fourth-order valence-electron chi connectivity index (χ4n) is 2.21. The number of methoxy groups -OCH3 is 1. The fourth-order valence-corrected chi connectivity index (χ4v) is 2.21. The van der Waals surface area contributed by atoms with Crippen molar-refractivity contribution in [1.29, 1.82) is 0 Å². The number of nitrogens with zero attached hydrogens (tertiary/aromatic N) is 2. The largest absolute Gasteiger partial charge is 1.00 e. The highest BCUT2D eigenvalue weighted by Gasteiger charge is 2.14. The molecule has 5 heteroatoms. The van der Waals surface area contributed by atoms with Crippen LogP contribution in [0.5, 0.6) is 0 Å².